The number of benzene rings is 3. The van der Waals surface area contributed by atoms with Crippen LogP contribution in [0.4, 0.5) is 0 Å². The molecule has 0 fully saturated rings. The Morgan fingerprint density at radius 2 is 1.74 bits per heavy atom. The van der Waals surface area contributed by atoms with Crippen LogP contribution < -0.4 is 10.2 Å². The Hall–Kier alpha value is -2.46. The first-order valence-electron chi connectivity index (χ1n) is 7.48. The van der Waals surface area contributed by atoms with Gasteiger partial charge in [-0.05, 0) is 16.8 Å². The Morgan fingerprint density at radius 1 is 0.957 bits per heavy atom. The number of fused-ring (bicyclic) bond motifs is 1. The van der Waals surface area contributed by atoms with Gasteiger partial charge >= 0.3 is 0 Å². The fourth-order valence-electron chi connectivity index (χ4n) is 2.84. The summed E-state index contributed by atoms with van der Waals surface area (Å²) in [5.74, 6) is 0.887. The molecule has 1 atom stereocenters. The zero-order chi connectivity index (χ0) is 15.6. The molecule has 114 valence electrons. The molecule has 0 aromatic heterocycles. The molecule has 1 heterocycles. The second-order valence-electron chi connectivity index (χ2n) is 5.31. The number of hydrogen-bond donors (Lipinski definition) is 1. The third-order valence-electron chi connectivity index (χ3n) is 3.95. The molecule has 3 aromatic carbocycles. The van der Waals surface area contributed by atoms with Gasteiger partial charge in [0.2, 0.25) is 0 Å². The Labute approximate surface area is 139 Å². The van der Waals surface area contributed by atoms with E-state index in [4.69, 9.17) is 4.74 Å². The van der Waals surface area contributed by atoms with E-state index in [9.17, 15) is 0 Å². The number of hydrogen-bond acceptors (Lipinski definition) is 4. The van der Waals surface area contributed by atoms with Crippen molar-refractivity contribution in [2.75, 3.05) is 7.11 Å². The lowest BCUT2D eigenvalue weighted by Crippen LogP contribution is -2.09. The van der Waals surface area contributed by atoms with E-state index in [-0.39, 0.29) is 5.37 Å². The van der Waals surface area contributed by atoms with Crippen LogP contribution in [0.15, 0.2) is 71.8 Å². The van der Waals surface area contributed by atoms with Crippen LogP contribution in [-0.2, 0) is 0 Å². The standard InChI is InChI=1S/C19H16N2OS/c1-22-16-12-11-13-7-5-6-10-15(13)17(16)19-21-20-18(23-19)14-8-3-2-4-9-14/h2-12,19,21H,1H3/t19-/m0/s1. The maximum absolute atomic E-state index is 5.60. The summed E-state index contributed by atoms with van der Waals surface area (Å²) in [6, 6.07) is 22.7. The fourth-order valence-corrected chi connectivity index (χ4v) is 3.91. The smallest absolute Gasteiger partial charge is 0.126 e. The van der Waals surface area contributed by atoms with Crippen molar-refractivity contribution >= 4 is 27.6 Å². The highest BCUT2D eigenvalue weighted by Crippen LogP contribution is 2.42. The molecule has 0 bridgehead atoms. The summed E-state index contributed by atoms with van der Waals surface area (Å²) >= 11 is 1.72. The Morgan fingerprint density at radius 3 is 2.57 bits per heavy atom. The number of ether oxygens (including phenoxy) is 1. The van der Waals surface area contributed by atoms with Crippen LogP contribution in [0, 0.1) is 0 Å². The first-order chi connectivity index (χ1) is 11.4. The lowest BCUT2D eigenvalue weighted by molar-refractivity contribution is 0.409. The minimum atomic E-state index is 0.0475. The highest BCUT2D eigenvalue weighted by molar-refractivity contribution is 8.14. The molecule has 0 unspecified atom stereocenters. The molecule has 1 aliphatic rings. The predicted molar refractivity (Wildman–Crippen MR) is 96.9 cm³/mol. The van der Waals surface area contributed by atoms with Gasteiger partial charge in [0, 0.05) is 11.1 Å². The minimum Gasteiger partial charge on any atom is -0.496 e. The molecule has 23 heavy (non-hydrogen) atoms. The van der Waals surface area contributed by atoms with Crippen molar-refractivity contribution in [1.29, 1.82) is 0 Å². The SMILES string of the molecule is COc1ccc2ccccc2c1[C@H]1NN=C(c2ccccc2)S1. The maximum atomic E-state index is 5.60. The molecule has 0 aliphatic carbocycles. The van der Waals surface area contributed by atoms with Gasteiger partial charge in [0.15, 0.2) is 0 Å². The lowest BCUT2D eigenvalue weighted by Gasteiger charge is -2.17. The molecule has 3 aromatic rings. The van der Waals surface area contributed by atoms with Crippen LogP contribution in [0.5, 0.6) is 5.75 Å². The maximum Gasteiger partial charge on any atom is 0.126 e. The predicted octanol–water partition coefficient (Wildman–Crippen LogP) is 4.55. The highest BCUT2D eigenvalue weighted by atomic mass is 32.2. The van der Waals surface area contributed by atoms with Crippen LogP contribution in [0.1, 0.15) is 16.5 Å². The van der Waals surface area contributed by atoms with Gasteiger partial charge in [-0.1, -0.05) is 72.4 Å². The second-order valence-corrected chi connectivity index (χ2v) is 6.41. The quantitative estimate of drug-likeness (QED) is 0.769. The molecular formula is C19H16N2OS. The van der Waals surface area contributed by atoms with E-state index in [0.29, 0.717) is 0 Å². The largest absolute Gasteiger partial charge is 0.496 e. The molecule has 1 N–H and O–H groups in total. The number of nitrogens with zero attached hydrogens (tertiary/aromatic N) is 1. The fraction of sp³-hybridized carbons (Fsp3) is 0.105. The first kappa shape index (κ1) is 14.2. The molecular weight excluding hydrogens is 304 g/mol. The Bertz CT molecular complexity index is 877. The van der Waals surface area contributed by atoms with Crippen molar-refractivity contribution in [3.63, 3.8) is 0 Å². The third kappa shape index (κ3) is 2.55. The van der Waals surface area contributed by atoms with Gasteiger partial charge in [0.05, 0.1) is 7.11 Å². The van der Waals surface area contributed by atoms with Gasteiger partial charge in [0.1, 0.15) is 16.2 Å². The van der Waals surface area contributed by atoms with E-state index < -0.39 is 0 Å². The van der Waals surface area contributed by atoms with Crippen LogP contribution >= 0.6 is 11.8 Å². The van der Waals surface area contributed by atoms with Crippen LogP contribution in [-0.4, -0.2) is 12.2 Å². The van der Waals surface area contributed by atoms with Crippen molar-refractivity contribution in [3.05, 3.63) is 77.9 Å². The van der Waals surface area contributed by atoms with Gasteiger partial charge in [0.25, 0.3) is 0 Å². The van der Waals surface area contributed by atoms with Crippen molar-refractivity contribution in [1.82, 2.24) is 5.43 Å². The summed E-state index contributed by atoms with van der Waals surface area (Å²) in [5, 5.41) is 7.98. The molecule has 0 saturated carbocycles. The topological polar surface area (TPSA) is 33.6 Å². The summed E-state index contributed by atoms with van der Waals surface area (Å²) in [4.78, 5) is 0. The summed E-state index contributed by atoms with van der Waals surface area (Å²) in [6.45, 7) is 0. The van der Waals surface area contributed by atoms with Gasteiger partial charge in [-0.3, -0.25) is 5.43 Å². The van der Waals surface area contributed by atoms with Crippen molar-refractivity contribution in [2.24, 2.45) is 5.10 Å². The highest BCUT2D eigenvalue weighted by Gasteiger charge is 2.26. The normalized spacial score (nSPS) is 16.9. The van der Waals surface area contributed by atoms with Crippen molar-refractivity contribution < 1.29 is 4.74 Å². The summed E-state index contributed by atoms with van der Waals surface area (Å²) < 4.78 is 5.60. The molecule has 3 nitrogen and oxygen atoms in total. The zero-order valence-electron chi connectivity index (χ0n) is 12.7. The molecule has 4 heteroatoms. The second kappa shape index (κ2) is 5.97. The summed E-state index contributed by atoms with van der Waals surface area (Å²) in [5.41, 5.74) is 5.53. The minimum absolute atomic E-state index is 0.0475. The summed E-state index contributed by atoms with van der Waals surface area (Å²) in [6.07, 6.45) is 0. The van der Waals surface area contributed by atoms with Gasteiger partial charge in [-0.25, -0.2) is 0 Å². The monoisotopic (exact) mass is 320 g/mol. The molecule has 0 radical (unpaired) electrons. The summed E-state index contributed by atoms with van der Waals surface area (Å²) in [7, 11) is 1.71. The van der Waals surface area contributed by atoms with E-state index in [2.05, 4.69) is 53.0 Å². The number of rotatable bonds is 3. The number of methoxy groups -OCH3 is 1. The van der Waals surface area contributed by atoms with E-state index in [1.807, 2.05) is 24.3 Å². The number of hydrazone groups is 1. The van der Waals surface area contributed by atoms with Gasteiger partial charge in [-0.15, -0.1) is 0 Å². The van der Waals surface area contributed by atoms with E-state index in [1.54, 1.807) is 18.9 Å². The van der Waals surface area contributed by atoms with Crippen molar-refractivity contribution in [3.8, 4) is 5.75 Å². The molecule has 1 aliphatic heterocycles. The van der Waals surface area contributed by atoms with Crippen LogP contribution in [0.25, 0.3) is 10.8 Å². The molecule has 0 spiro atoms. The number of thioether (sulfide) groups is 1. The molecule has 4 rings (SSSR count). The molecule has 0 amide bonds. The Kier molecular flexibility index (Phi) is 3.67. The van der Waals surface area contributed by atoms with Gasteiger partial charge < -0.3 is 4.74 Å². The van der Waals surface area contributed by atoms with E-state index >= 15 is 0 Å². The van der Waals surface area contributed by atoms with Crippen molar-refractivity contribution in [2.45, 2.75) is 5.37 Å². The van der Waals surface area contributed by atoms with E-state index in [0.717, 1.165) is 21.9 Å². The Balaban J connectivity index is 1.74. The molecule has 0 saturated heterocycles. The van der Waals surface area contributed by atoms with Gasteiger partial charge in [-0.2, -0.15) is 5.10 Å². The zero-order valence-corrected chi connectivity index (χ0v) is 13.5. The van der Waals surface area contributed by atoms with Crippen LogP contribution in [0.3, 0.4) is 0 Å². The lowest BCUT2D eigenvalue weighted by atomic mass is 10.0. The number of nitrogens with one attached hydrogen (secondary N) is 1. The van der Waals surface area contributed by atoms with Crippen LogP contribution in [0.2, 0.25) is 0 Å². The average molecular weight is 320 g/mol. The van der Waals surface area contributed by atoms with E-state index in [1.165, 1.54) is 10.8 Å². The third-order valence-corrected chi connectivity index (χ3v) is 5.07. The first-order valence-corrected chi connectivity index (χ1v) is 8.36. The average Bonchev–Trinajstić information content (AvgIpc) is 3.11.